The number of rotatable bonds is 16. The average molecular weight is 500 g/mol. The number of carbonyl (C=O) groups excluding carboxylic acids is 1. The van der Waals surface area contributed by atoms with E-state index in [0.29, 0.717) is 19.7 Å². The maximum atomic E-state index is 12.7. The summed E-state index contributed by atoms with van der Waals surface area (Å²) in [6.07, 6.45) is 2.37. The molecule has 0 spiro atoms. The van der Waals surface area contributed by atoms with Gasteiger partial charge >= 0.3 is 12.0 Å². The number of alkyl halides is 2. The fourth-order valence-electron chi connectivity index (χ4n) is 4.04. The topological polar surface area (TPSA) is 107 Å². The van der Waals surface area contributed by atoms with Gasteiger partial charge in [-0.3, -0.25) is 0 Å². The number of methoxy groups -OCH3 is 1. The first-order valence-corrected chi connectivity index (χ1v) is 12.3. The molecule has 11 heteroatoms. The van der Waals surface area contributed by atoms with Crippen LogP contribution in [0.1, 0.15) is 43.9 Å². The number of carboxylic acids is 1. The van der Waals surface area contributed by atoms with Crippen LogP contribution in [0, 0.1) is 0 Å². The Hall–Kier alpha value is -2.53. The summed E-state index contributed by atoms with van der Waals surface area (Å²) in [6, 6.07) is 2.28. The van der Waals surface area contributed by atoms with Crippen molar-refractivity contribution in [2.45, 2.75) is 57.9 Å². The molecule has 0 saturated carbocycles. The number of aromatic nitrogens is 1. The number of fused-ring (bicyclic) bond motifs is 1. The smallest absolute Gasteiger partial charge is 0.326 e. The molecule has 0 bridgehead atoms. The number of hydrogen-bond donors (Lipinski definition) is 3. The third-order valence-corrected chi connectivity index (χ3v) is 6.08. The Morgan fingerprint density at radius 1 is 1.26 bits per heavy atom. The Balaban J connectivity index is 1.82. The molecule has 2 rings (SSSR count). The van der Waals surface area contributed by atoms with E-state index in [1.807, 2.05) is 0 Å². The number of carboxylic acid groups (broad SMARTS) is 1. The van der Waals surface area contributed by atoms with Crippen molar-refractivity contribution in [3.8, 4) is 0 Å². The highest BCUT2D eigenvalue weighted by atomic mass is 19.3. The number of aryl methyl sites for hydroxylation is 2. The minimum Gasteiger partial charge on any atom is -0.480 e. The molecule has 0 saturated heterocycles. The zero-order valence-electron chi connectivity index (χ0n) is 20.8. The van der Waals surface area contributed by atoms with Crippen LogP contribution in [0.5, 0.6) is 0 Å². The van der Waals surface area contributed by atoms with Gasteiger partial charge < -0.3 is 30.3 Å². The number of nitrogens with one attached hydrogen (secondary N) is 2. The third-order valence-electron chi connectivity index (χ3n) is 6.08. The van der Waals surface area contributed by atoms with Gasteiger partial charge in [-0.1, -0.05) is 6.07 Å². The van der Waals surface area contributed by atoms with Gasteiger partial charge in [0.05, 0.1) is 13.2 Å². The molecule has 0 fully saturated rings. The van der Waals surface area contributed by atoms with Crippen molar-refractivity contribution < 1.29 is 28.2 Å². The maximum Gasteiger partial charge on any atom is 0.326 e. The van der Waals surface area contributed by atoms with Crippen LogP contribution >= 0.6 is 0 Å². The molecule has 0 aromatic carbocycles. The van der Waals surface area contributed by atoms with Crippen LogP contribution in [-0.2, 0) is 22.4 Å². The quantitative estimate of drug-likeness (QED) is 0.300. The number of urea groups is 1. The summed E-state index contributed by atoms with van der Waals surface area (Å²) in [4.78, 5) is 31.7. The molecule has 1 aromatic heterocycles. The lowest BCUT2D eigenvalue weighted by atomic mass is 10.1. The molecule has 1 aromatic rings. The Kier molecular flexibility index (Phi) is 12.7. The van der Waals surface area contributed by atoms with E-state index in [1.54, 1.807) is 14.0 Å². The number of halogens is 2. The summed E-state index contributed by atoms with van der Waals surface area (Å²) >= 11 is 0. The summed E-state index contributed by atoms with van der Waals surface area (Å²) in [5.74, 6) is -0.197. The van der Waals surface area contributed by atoms with Crippen molar-refractivity contribution in [3.05, 3.63) is 23.4 Å². The van der Waals surface area contributed by atoms with E-state index < -0.39 is 31.0 Å². The largest absolute Gasteiger partial charge is 0.480 e. The Morgan fingerprint density at radius 3 is 2.74 bits per heavy atom. The molecule has 0 aliphatic carbocycles. The number of pyridine rings is 1. The molecule has 1 unspecified atom stereocenters. The van der Waals surface area contributed by atoms with Crippen LogP contribution in [0.15, 0.2) is 12.1 Å². The third kappa shape index (κ3) is 10.3. The molecule has 2 amide bonds. The van der Waals surface area contributed by atoms with E-state index in [0.717, 1.165) is 61.6 Å². The van der Waals surface area contributed by atoms with E-state index >= 15 is 0 Å². The number of unbranched alkanes of at least 4 members (excludes halogenated alkanes) is 1. The fraction of sp³-hybridized carbons (Fsp3) is 0.708. The van der Waals surface area contributed by atoms with Crippen molar-refractivity contribution in [3.63, 3.8) is 0 Å². The first-order valence-electron chi connectivity index (χ1n) is 12.3. The second kappa shape index (κ2) is 15.5. The van der Waals surface area contributed by atoms with Crippen LogP contribution in [0.2, 0.25) is 0 Å². The number of hydrogen-bond acceptors (Lipinski definition) is 6. The highest BCUT2D eigenvalue weighted by molar-refractivity contribution is 5.82. The lowest BCUT2D eigenvalue weighted by Crippen LogP contribution is -2.50. The molecule has 0 radical (unpaired) electrons. The van der Waals surface area contributed by atoms with Gasteiger partial charge in [-0.25, -0.2) is 23.4 Å². The van der Waals surface area contributed by atoms with Crippen LogP contribution < -0.4 is 10.6 Å². The van der Waals surface area contributed by atoms with E-state index in [1.165, 1.54) is 5.56 Å². The first kappa shape index (κ1) is 28.7. The average Bonchev–Trinajstić information content (AvgIpc) is 2.84. The first-order chi connectivity index (χ1) is 16.8. The predicted octanol–water partition coefficient (Wildman–Crippen LogP) is 2.85. The minimum absolute atomic E-state index is 0.0671. The summed E-state index contributed by atoms with van der Waals surface area (Å²) < 4.78 is 30.5. The summed E-state index contributed by atoms with van der Waals surface area (Å²) in [5.41, 5.74) is 2.32. The van der Waals surface area contributed by atoms with Crippen molar-refractivity contribution in [2.75, 3.05) is 58.3 Å². The molecule has 1 atom stereocenters. The van der Waals surface area contributed by atoms with Crippen molar-refractivity contribution in [2.24, 2.45) is 0 Å². The van der Waals surface area contributed by atoms with Crippen LogP contribution in [0.3, 0.4) is 0 Å². The standard InChI is InChI=1S/C24H39F2N5O4/c1-3-31(17-21(25)26)24(34)29-20(23(32)33)11-14-30(15-16-35-2)13-5-4-8-19-10-9-18-7-6-12-27-22(18)28-19/h9-10,20-21H,3-8,11-17H2,1-2H3,(H,27,28)(H,29,34)(H,32,33). The zero-order valence-corrected chi connectivity index (χ0v) is 20.8. The summed E-state index contributed by atoms with van der Waals surface area (Å²) in [7, 11) is 1.61. The molecule has 1 aliphatic rings. The van der Waals surface area contributed by atoms with Gasteiger partial charge in [-0.05, 0) is 63.6 Å². The molecule has 1 aliphatic heterocycles. The SMILES string of the molecule is CCN(CC(F)F)C(=O)NC(CCN(CCCCc1ccc2c(n1)NCCC2)CCOC)C(=O)O. The summed E-state index contributed by atoms with van der Waals surface area (Å²) in [6.45, 7) is 4.17. The van der Waals surface area contributed by atoms with E-state index in [9.17, 15) is 23.5 Å². The predicted molar refractivity (Wildman–Crippen MR) is 130 cm³/mol. The second-order valence-corrected chi connectivity index (χ2v) is 8.69. The molecule has 9 nitrogen and oxygen atoms in total. The van der Waals surface area contributed by atoms with Gasteiger partial charge in [0.1, 0.15) is 11.9 Å². The van der Waals surface area contributed by atoms with Gasteiger partial charge in [0, 0.05) is 39.0 Å². The van der Waals surface area contributed by atoms with Crippen molar-refractivity contribution >= 4 is 17.8 Å². The Labute approximate surface area is 206 Å². The van der Waals surface area contributed by atoms with Crippen LogP contribution in [0.25, 0.3) is 0 Å². The normalized spacial score (nSPS) is 13.9. The monoisotopic (exact) mass is 499 g/mol. The summed E-state index contributed by atoms with van der Waals surface area (Å²) in [5, 5.41) is 15.3. The van der Waals surface area contributed by atoms with Crippen molar-refractivity contribution in [1.82, 2.24) is 20.1 Å². The number of nitrogens with zero attached hydrogens (tertiary/aromatic N) is 3. The molecular weight excluding hydrogens is 460 g/mol. The molecule has 35 heavy (non-hydrogen) atoms. The molecule has 198 valence electrons. The van der Waals surface area contributed by atoms with Crippen molar-refractivity contribution in [1.29, 1.82) is 0 Å². The Bertz CT molecular complexity index is 799. The second-order valence-electron chi connectivity index (χ2n) is 8.69. The number of carbonyl (C=O) groups is 2. The molecular formula is C24H39F2N5O4. The number of anilines is 1. The van der Waals surface area contributed by atoms with Gasteiger partial charge in [0.25, 0.3) is 6.43 Å². The highest BCUT2D eigenvalue weighted by Gasteiger charge is 2.24. The Morgan fingerprint density at radius 2 is 2.06 bits per heavy atom. The van der Waals surface area contributed by atoms with Crippen LogP contribution in [0.4, 0.5) is 19.4 Å². The fourth-order valence-corrected chi connectivity index (χ4v) is 4.04. The van der Waals surface area contributed by atoms with Crippen LogP contribution in [-0.4, -0.2) is 97.3 Å². The van der Waals surface area contributed by atoms with E-state index in [2.05, 4.69) is 27.7 Å². The molecule has 3 N–H and O–H groups in total. The number of amides is 2. The molecule has 2 heterocycles. The number of ether oxygens (including phenoxy) is 1. The van der Waals surface area contributed by atoms with Gasteiger partial charge in [-0.15, -0.1) is 0 Å². The van der Waals surface area contributed by atoms with E-state index in [-0.39, 0.29) is 13.0 Å². The lowest BCUT2D eigenvalue weighted by Gasteiger charge is -2.26. The van der Waals surface area contributed by atoms with Gasteiger partial charge in [0.2, 0.25) is 0 Å². The minimum atomic E-state index is -2.68. The zero-order chi connectivity index (χ0) is 25.6. The highest BCUT2D eigenvalue weighted by Crippen LogP contribution is 2.20. The lowest BCUT2D eigenvalue weighted by molar-refractivity contribution is -0.139. The maximum absolute atomic E-state index is 12.7. The van der Waals surface area contributed by atoms with Gasteiger partial charge in [0.15, 0.2) is 0 Å². The number of aliphatic carboxylic acids is 1. The van der Waals surface area contributed by atoms with Gasteiger partial charge in [-0.2, -0.15) is 0 Å². The van der Waals surface area contributed by atoms with E-state index in [4.69, 9.17) is 9.72 Å².